The van der Waals surface area contributed by atoms with Crippen LogP contribution in [0.5, 0.6) is 0 Å². The molecule has 0 saturated heterocycles. The van der Waals surface area contributed by atoms with Gasteiger partial charge in [0.1, 0.15) is 11.6 Å². The molecular formula is C18H26F2O. The zero-order valence-corrected chi connectivity index (χ0v) is 13.2. The molecule has 1 aliphatic carbocycles. The second kappa shape index (κ2) is 6.43. The van der Waals surface area contributed by atoms with Crippen molar-refractivity contribution < 1.29 is 13.9 Å². The normalized spacial score (nSPS) is 24.9. The fourth-order valence-corrected chi connectivity index (χ4v) is 3.47. The van der Waals surface area contributed by atoms with Crippen LogP contribution >= 0.6 is 0 Å². The van der Waals surface area contributed by atoms with Gasteiger partial charge in [0.2, 0.25) is 0 Å². The van der Waals surface area contributed by atoms with Crippen LogP contribution in [-0.2, 0) is 6.42 Å². The minimum absolute atomic E-state index is 0.0166. The van der Waals surface area contributed by atoms with Gasteiger partial charge >= 0.3 is 0 Å². The van der Waals surface area contributed by atoms with Crippen LogP contribution in [0, 0.1) is 28.9 Å². The number of hydrogen-bond donors (Lipinski definition) is 1. The highest BCUT2D eigenvalue weighted by atomic mass is 19.1. The zero-order chi connectivity index (χ0) is 15.6. The van der Waals surface area contributed by atoms with E-state index in [1.54, 1.807) is 0 Å². The molecule has 1 aliphatic rings. The van der Waals surface area contributed by atoms with E-state index in [0.29, 0.717) is 11.3 Å². The van der Waals surface area contributed by atoms with E-state index in [-0.39, 0.29) is 17.9 Å². The Morgan fingerprint density at radius 1 is 1.10 bits per heavy atom. The summed E-state index contributed by atoms with van der Waals surface area (Å²) >= 11 is 0. The van der Waals surface area contributed by atoms with E-state index in [1.165, 1.54) is 18.2 Å². The van der Waals surface area contributed by atoms with Crippen LogP contribution in [0.15, 0.2) is 18.2 Å². The van der Waals surface area contributed by atoms with Crippen LogP contribution in [0.2, 0.25) is 0 Å². The highest BCUT2D eigenvalue weighted by molar-refractivity contribution is 5.20. The number of aliphatic hydroxyl groups excluding tert-OH is 1. The molecule has 0 amide bonds. The Kier molecular flexibility index (Phi) is 5.03. The molecule has 118 valence electrons. The van der Waals surface area contributed by atoms with Gasteiger partial charge in [-0.1, -0.05) is 26.8 Å². The van der Waals surface area contributed by atoms with Crippen molar-refractivity contribution in [2.45, 2.75) is 59.0 Å². The van der Waals surface area contributed by atoms with Crippen molar-refractivity contribution >= 4 is 0 Å². The predicted molar refractivity (Wildman–Crippen MR) is 81.0 cm³/mol. The molecule has 1 N–H and O–H groups in total. The summed E-state index contributed by atoms with van der Waals surface area (Å²) in [5.41, 5.74) is 0.316. The van der Waals surface area contributed by atoms with Crippen LogP contribution in [0.4, 0.5) is 8.78 Å². The predicted octanol–water partition coefficient (Wildman–Crippen LogP) is 4.72. The van der Waals surface area contributed by atoms with Crippen LogP contribution < -0.4 is 0 Å². The third-order valence-corrected chi connectivity index (χ3v) is 5.02. The first kappa shape index (κ1) is 16.4. The van der Waals surface area contributed by atoms with Crippen LogP contribution in [-0.4, -0.2) is 11.2 Å². The van der Waals surface area contributed by atoms with Crippen molar-refractivity contribution in [3.05, 3.63) is 35.4 Å². The van der Waals surface area contributed by atoms with E-state index in [9.17, 15) is 13.9 Å². The quantitative estimate of drug-likeness (QED) is 0.855. The van der Waals surface area contributed by atoms with Crippen LogP contribution in [0.25, 0.3) is 0 Å². The van der Waals surface area contributed by atoms with Gasteiger partial charge in [0, 0.05) is 12.0 Å². The maximum Gasteiger partial charge on any atom is 0.129 e. The summed E-state index contributed by atoms with van der Waals surface area (Å²) in [5.74, 6) is -0.288. The van der Waals surface area contributed by atoms with Gasteiger partial charge in [-0.3, -0.25) is 0 Å². The highest BCUT2D eigenvalue weighted by Gasteiger charge is 2.32. The third kappa shape index (κ3) is 4.03. The van der Waals surface area contributed by atoms with Gasteiger partial charge in [-0.2, -0.15) is 0 Å². The van der Waals surface area contributed by atoms with Crippen LogP contribution in [0.3, 0.4) is 0 Å². The summed E-state index contributed by atoms with van der Waals surface area (Å²) in [6.07, 6.45) is 3.48. The van der Waals surface area contributed by atoms with Crippen molar-refractivity contribution in [1.82, 2.24) is 0 Å². The molecule has 1 nitrogen and oxygen atoms in total. The largest absolute Gasteiger partial charge is 0.392 e. The molecule has 1 saturated carbocycles. The number of rotatable bonds is 3. The lowest BCUT2D eigenvalue weighted by atomic mass is 9.68. The van der Waals surface area contributed by atoms with E-state index in [0.717, 1.165) is 25.7 Å². The molecule has 1 fully saturated rings. The van der Waals surface area contributed by atoms with Gasteiger partial charge in [-0.15, -0.1) is 0 Å². The smallest absolute Gasteiger partial charge is 0.129 e. The van der Waals surface area contributed by atoms with E-state index in [1.807, 2.05) is 0 Å². The Balaban J connectivity index is 1.95. The zero-order valence-electron chi connectivity index (χ0n) is 13.2. The minimum Gasteiger partial charge on any atom is -0.392 e. The Bertz CT molecular complexity index is 450. The van der Waals surface area contributed by atoms with Gasteiger partial charge < -0.3 is 5.11 Å². The third-order valence-electron chi connectivity index (χ3n) is 5.02. The second-order valence-electron chi connectivity index (χ2n) is 7.45. The molecule has 1 atom stereocenters. The first-order valence-electron chi connectivity index (χ1n) is 7.90. The number of halogens is 2. The van der Waals surface area contributed by atoms with Crippen molar-refractivity contribution in [2.24, 2.45) is 17.3 Å². The lowest BCUT2D eigenvalue weighted by Crippen LogP contribution is -2.32. The fraction of sp³-hybridized carbons (Fsp3) is 0.667. The first-order chi connectivity index (χ1) is 9.79. The van der Waals surface area contributed by atoms with Gasteiger partial charge in [0.05, 0.1) is 6.10 Å². The molecule has 3 heteroatoms. The lowest BCUT2D eigenvalue weighted by molar-refractivity contribution is 0.0526. The molecular weight excluding hydrogens is 270 g/mol. The molecule has 0 radical (unpaired) electrons. The van der Waals surface area contributed by atoms with E-state index >= 15 is 0 Å². The topological polar surface area (TPSA) is 20.2 Å². The average Bonchev–Trinajstić information content (AvgIpc) is 2.42. The molecule has 0 aliphatic heterocycles. The maximum absolute atomic E-state index is 13.6. The molecule has 0 bridgehead atoms. The SMILES string of the molecule is CC(C)(C)C1CCC(C(O)Cc2c(F)cccc2F)CC1. The van der Waals surface area contributed by atoms with Crippen molar-refractivity contribution in [2.75, 3.05) is 0 Å². The first-order valence-corrected chi connectivity index (χ1v) is 7.90. The van der Waals surface area contributed by atoms with Crippen molar-refractivity contribution in [1.29, 1.82) is 0 Å². The number of benzene rings is 1. The standard InChI is InChI=1S/C18H26F2O/c1-18(2,3)13-9-7-12(8-10-13)17(21)11-14-15(19)5-4-6-16(14)20/h4-6,12-13,17,21H,7-11H2,1-3H3. The summed E-state index contributed by atoms with van der Waals surface area (Å²) in [7, 11) is 0. The number of hydrogen-bond acceptors (Lipinski definition) is 1. The van der Waals surface area contributed by atoms with Crippen molar-refractivity contribution in [3.63, 3.8) is 0 Å². The molecule has 0 spiro atoms. The Labute approximate surface area is 126 Å². The summed E-state index contributed by atoms with van der Waals surface area (Å²) < 4.78 is 27.3. The summed E-state index contributed by atoms with van der Waals surface area (Å²) in [5, 5.41) is 10.3. The molecule has 1 aromatic rings. The summed E-state index contributed by atoms with van der Waals surface area (Å²) in [6.45, 7) is 6.76. The second-order valence-corrected chi connectivity index (χ2v) is 7.45. The van der Waals surface area contributed by atoms with Gasteiger partial charge in [-0.05, 0) is 55.1 Å². The van der Waals surface area contributed by atoms with Gasteiger partial charge in [0.15, 0.2) is 0 Å². The molecule has 1 unspecified atom stereocenters. The number of aliphatic hydroxyl groups is 1. The van der Waals surface area contributed by atoms with Crippen molar-refractivity contribution in [3.8, 4) is 0 Å². The van der Waals surface area contributed by atoms with Gasteiger partial charge in [0.25, 0.3) is 0 Å². The minimum atomic E-state index is -0.655. The van der Waals surface area contributed by atoms with E-state index in [2.05, 4.69) is 20.8 Å². The fourth-order valence-electron chi connectivity index (χ4n) is 3.47. The molecule has 1 aromatic carbocycles. The maximum atomic E-state index is 13.6. The van der Waals surface area contributed by atoms with E-state index < -0.39 is 17.7 Å². The lowest BCUT2D eigenvalue weighted by Gasteiger charge is -2.38. The van der Waals surface area contributed by atoms with Gasteiger partial charge in [-0.25, -0.2) is 8.78 Å². The summed E-state index contributed by atoms with van der Waals surface area (Å²) in [6, 6.07) is 3.86. The monoisotopic (exact) mass is 296 g/mol. The Morgan fingerprint density at radius 3 is 2.10 bits per heavy atom. The van der Waals surface area contributed by atoms with E-state index in [4.69, 9.17) is 0 Å². The Morgan fingerprint density at radius 2 is 1.62 bits per heavy atom. The Hall–Kier alpha value is -0.960. The molecule has 21 heavy (non-hydrogen) atoms. The summed E-state index contributed by atoms with van der Waals surface area (Å²) in [4.78, 5) is 0. The van der Waals surface area contributed by atoms with Crippen LogP contribution in [0.1, 0.15) is 52.0 Å². The molecule has 0 heterocycles. The highest BCUT2D eigenvalue weighted by Crippen LogP contribution is 2.41. The molecule has 0 aromatic heterocycles. The molecule has 2 rings (SSSR count). The average molecular weight is 296 g/mol.